The number of rotatable bonds is 4. The molecule has 2 aromatic carbocycles. The number of hydrogen-bond donors (Lipinski definition) is 1. The van der Waals surface area contributed by atoms with E-state index in [0.717, 1.165) is 4.57 Å². The summed E-state index contributed by atoms with van der Waals surface area (Å²) >= 11 is 5.79. The van der Waals surface area contributed by atoms with Gasteiger partial charge in [0.15, 0.2) is 0 Å². The van der Waals surface area contributed by atoms with Crippen LogP contribution in [0.5, 0.6) is 0 Å². The molecule has 0 atom stereocenters. The summed E-state index contributed by atoms with van der Waals surface area (Å²) in [6.45, 7) is 2.75. The van der Waals surface area contributed by atoms with Crippen LogP contribution in [-0.2, 0) is 11.8 Å². The van der Waals surface area contributed by atoms with E-state index in [0.29, 0.717) is 48.7 Å². The van der Waals surface area contributed by atoms with E-state index in [1.807, 2.05) is 35.2 Å². The number of anilines is 2. The quantitative estimate of drug-likeness (QED) is 0.633. The average molecular weight is 471 g/mol. The fourth-order valence-corrected chi connectivity index (χ4v) is 4.41. The molecule has 2 heterocycles. The zero-order valence-electron chi connectivity index (χ0n) is 18.3. The van der Waals surface area contributed by atoms with E-state index in [1.54, 1.807) is 6.92 Å². The molecule has 7 nitrogen and oxygen atoms in total. The zero-order valence-corrected chi connectivity index (χ0v) is 19.1. The lowest BCUT2D eigenvalue weighted by molar-refractivity contribution is -0.120. The maximum absolute atomic E-state index is 13.4. The van der Waals surface area contributed by atoms with Crippen molar-refractivity contribution in [3.8, 4) is 5.69 Å². The topological polar surface area (TPSA) is 76.3 Å². The van der Waals surface area contributed by atoms with E-state index in [4.69, 9.17) is 11.6 Å². The summed E-state index contributed by atoms with van der Waals surface area (Å²) in [5.74, 6) is -0.970. The van der Waals surface area contributed by atoms with Gasteiger partial charge in [0, 0.05) is 31.7 Å². The Morgan fingerprint density at radius 3 is 2.39 bits per heavy atom. The highest BCUT2D eigenvalue weighted by atomic mass is 35.5. The molecule has 33 heavy (non-hydrogen) atoms. The first-order valence-electron chi connectivity index (χ1n) is 10.7. The van der Waals surface area contributed by atoms with Gasteiger partial charge in [0.2, 0.25) is 5.91 Å². The lowest BCUT2D eigenvalue weighted by atomic mass is 9.95. The molecular formula is C24H24ClFN4O3. The summed E-state index contributed by atoms with van der Waals surface area (Å²) in [5.41, 5.74) is 1.40. The van der Waals surface area contributed by atoms with Crippen LogP contribution in [0.1, 0.15) is 18.5 Å². The van der Waals surface area contributed by atoms with Gasteiger partial charge in [-0.05, 0) is 50.1 Å². The largest absolute Gasteiger partial charge is 0.366 e. The van der Waals surface area contributed by atoms with Crippen molar-refractivity contribution in [1.29, 1.82) is 0 Å². The minimum atomic E-state index is -0.545. The SMILES string of the molecule is Cc1c(N2CCC(C(=O)Nc3ccc(F)c(Cl)c3)CC2)c(=O)n(C)c(=O)n1-c1ccccc1. The van der Waals surface area contributed by atoms with Crippen LogP contribution in [0.4, 0.5) is 15.8 Å². The van der Waals surface area contributed by atoms with Crippen molar-refractivity contribution in [3.05, 3.63) is 85.9 Å². The van der Waals surface area contributed by atoms with Crippen molar-refractivity contribution in [2.75, 3.05) is 23.3 Å². The predicted molar refractivity (Wildman–Crippen MR) is 127 cm³/mol. The molecule has 0 saturated carbocycles. The summed E-state index contributed by atoms with van der Waals surface area (Å²) in [5, 5.41) is 2.73. The van der Waals surface area contributed by atoms with Gasteiger partial charge in [-0.25, -0.2) is 9.18 Å². The number of nitrogens with one attached hydrogen (secondary N) is 1. The molecule has 0 radical (unpaired) electrons. The number of piperidine rings is 1. The van der Waals surface area contributed by atoms with Crippen LogP contribution in [0, 0.1) is 18.7 Å². The highest BCUT2D eigenvalue weighted by Crippen LogP contribution is 2.26. The molecule has 0 bridgehead atoms. The molecule has 1 fully saturated rings. The maximum atomic E-state index is 13.4. The van der Waals surface area contributed by atoms with Gasteiger partial charge < -0.3 is 10.2 Å². The molecular weight excluding hydrogens is 447 g/mol. The molecule has 0 unspecified atom stereocenters. The Labute approximate surface area is 195 Å². The molecule has 1 aliphatic heterocycles. The maximum Gasteiger partial charge on any atom is 0.335 e. The molecule has 3 aromatic rings. The van der Waals surface area contributed by atoms with Crippen LogP contribution in [-0.4, -0.2) is 28.1 Å². The van der Waals surface area contributed by atoms with Crippen LogP contribution in [0.15, 0.2) is 58.1 Å². The Balaban J connectivity index is 1.55. The number of carbonyl (C=O) groups excluding carboxylic acids is 1. The molecule has 1 amide bonds. The number of aromatic nitrogens is 2. The molecule has 1 aliphatic rings. The smallest absolute Gasteiger partial charge is 0.335 e. The number of carbonyl (C=O) groups is 1. The first-order chi connectivity index (χ1) is 15.8. The van der Waals surface area contributed by atoms with Crippen molar-refractivity contribution in [2.45, 2.75) is 19.8 Å². The Morgan fingerprint density at radius 2 is 1.76 bits per heavy atom. The van der Waals surface area contributed by atoms with Gasteiger partial charge in [-0.1, -0.05) is 29.8 Å². The molecule has 1 N–H and O–H groups in total. The van der Waals surface area contributed by atoms with Gasteiger partial charge in [-0.2, -0.15) is 0 Å². The van der Waals surface area contributed by atoms with Crippen LogP contribution in [0.25, 0.3) is 5.69 Å². The second-order valence-electron chi connectivity index (χ2n) is 8.13. The number of hydrogen-bond acceptors (Lipinski definition) is 4. The second-order valence-corrected chi connectivity index (χ2v) is 8.54. The summed E-state index contributed by atoms with van der Waals surface area (Å²) in [6, 6.07) is 13.2. The standard InChI is InChI=1S/C24H24ClFN4O3/c1-15-21(23(32)28(2)24(33)30(15)18-6-4-3-5-7-18)29-12-10-16(11-13-29)22(31)27-17-8-9-20(26)19(25)14-17/h3-9,14,16H,10-13H2,1-2H3,(H,27,31). The molecule has 9 heteroatoms. The molecule has 1 aromatic heterocycles. The van der Waals surface area contributed by atoms with Gasteiger partial charge in [0.1, 0.15) is 11.5 Å². The van der Waals surface area contributed by atoms with Crippen LogP contribution >= 0.6 is 11.6 Å². The van der Waals surface area contributed by atoms with E-state index in [9.17, 15) is 18.8 Å². The van der Waals surface area contributed by atoms with E-state index < -0.39 is 11.5 Å². The Kier molecular flexibility index (Phi) is 6.37. The number of benzene rings is 2. The number of amides is 1. The first kappa shape index (κ1) is 22.8. The third kappa shape index (κ3) is 4.43. The van der Waals surface area contributed by atoms with Crippen LogP contribution < -0.4 is 21.5 Å². The highest BCUT2D eigenvalue weighted by molar-refractivity contribution is 6.31. The zero-order chi connectivity index (χ0) is 23.7. The Morgan fingerprint density at radius 1 is 1.09 bits per heavy atom. The third-order valence-electron chi connectivity index (χ3n) is 6.05. The molecule has 172 valence electrons. The van der Waals surface area contributed by atoms with Gasteiger partial charge >= 0.3 is 5.69 Å². The fourth-order valence-electron chi connectivity index (χ4n) is 4.23. The van der Waals surface area contributed by atoms with E-state index in [2.05, 4.69) is 5.32 Å². The minimum Gasteiger partial charge on any atom is -0.366 e. The van der Waals surface area contributed by atoms with Crippen molar-refractivity contribution in [2.24, 2.45) is 13.0 Å². The number of nitrogens with zero attached hydrogens (tertiary/aromatic N) is 3. The molecule has 0 spiro atoms. The molecule has 1 saturated heterocycles. The van der Waals surface area contributed by atoms with Gasteiger partial charge in [0.05, 0.1) is 16.4 Å². The van der Waals surface area contributed by atoms with E-state index in [1.165, 1.54) is 29.8 Å². The lowest BCUT2D eigenvalue weighted by Crippen LogP contribution is -2.46. The Hall–Kier alpha value is -3.39. The highest BCUT2D eigenvalue weighted by Gasteiger charge is 2.29. The average Bonchev–Trinajstić information content (AvgIpc) is 2.81. The first-order valence-corrected chi connectivity index (χ1v) is 11.0. The van der Waals surface area contributed by atoms with Crippen molar-refractivity contribution in [3.63, 3.8) is 0 Å². The minimum absolute atomic E-state index is 0.0533. The van der Waals surface area contributed by atoms with Gasteiger partial charge in [-0.15, -0.1) is 0 Å². The molecule has 0 aliphatic carbocycles. The summed E-state index contributed by atoms with van der Waals surface area (Å²) in [4.78, 5) is 40.5. The van der Waals surface area contributed by atoms with Crippen molar-refractivity contribution in [1.82, 2.24) is 9.13 Å². The lowest BCUT2D eigenvalue weighted by Gasteiger charge is -2.34. The van der Waals surface area contributed by atoms with Gasteiger partial charge in [0.25, 0.3) is 5.56 Å². The van der Waals surface area contributed by atoms with Crippen molar-refractivity contribution < 1.29 is 9.18 Å². The normalized spacial score (nSPS) is 14.4. The van der Waals surface area contributed by atoms with Crippen molar-refractivity contribution >= 4 is 28.9 Å². The molecule has 4 rings (SSSR count). The predicted octanol–water partition coefficient (Wildman–Crippen LogP) is 3.49. The number of para-hydroxylation sites is 1. The van der Waals surface area contributed by atoms with E-state index >= 15 is 0 Å². The van der Waals surface area contributed by atoms with Gasteiger partial charge in [-0.3, -0.25) is 18.7 Å². The van der Waals surface area contributed by atoms with Crippen LogP contribution in [0.2, 0.25) is 5.02 Å². The number of halogens is 2. The summed E-state index contributed by atoms with van der Waals surface area (Å²) < 4.78 is 16.0. The summed E-state index contributed by atoms with van der Waals surface area (Å²) in [7, 11) is 1.47. The summed E-state index contributed by atoms with van der Waals surface area (Å²) in [6.07, 6.45) is 1.07. The fraction of sp³-hybridized carbons (Fsp3) is 0.292. The third-order valence-corrected chi connectivity index (χ3v) is 6.34. The monoisotopic (exact) mass is 470 g/mol. The van der Waals surface area contributed by atoms with E-state index in [-0.39, 0.29) is 22.4 Å². The van der Waals surface area contributed by atoms with Crippen LogP contribution in [0.3, 0.4) is 0 Å². The Bertz CT molecular complexity index is 1310. The second kappa shape index (κ2) is 9.23.